The van der Waals surface area contributed by atoms with Crippen LogP contribution in [-0.4, -0.2) is 26.1 Å². The first-order valence-corrected chi connectivity index (χ1v) is 7.89. The molecule has 0 aliphatic carbocycles. The number of amides is 1. The molecule has 7 nitrogen and oxygen atoms in total. The van der Waals surface area contributed by atoms with Crippen LogP contribution in [0.5, 0.6) is 0 Å². The number of nitrogens with one attached hydrogen (secondary N) is 3. The summed E-state index contributed by atoms with van der Waals surface area (Å²) in [7, 11) is 0. The number of rotatable bonds is 4. The zero-order valence-corrected chi connectivity index (χ0v) is 13.7. The third-order valence-electron chi connectivity index (χ3n) is 3.87. The van der Waals surface area contributed by atoms with Gasteiger partial charge >= 0.3 is 0 Å². The van der Waals surface area contributed by atoms with Crippen LogP contribution in [0.15, 0.2) is 54.9 Å². The first-order chi connectivity index (χ1) is 13.1. The zero-order valence-electron chi connectivity index (χ0n) is 13.7. The maximum atomic E-state index is 13.8. The average Bonchev–Trinajstić information content (AvgIpc) is 3.16. The molecule has 0 spiro atoms. The largest absolute Gasteiger partial charge is 0.287 e. The Morgan fingerprint density at radius 1 is 1.04 bits per heavy atom. The number of hydrogen-bond donors (Lipinski definition) is 3. The van der Waals surface area contributed by atoms with Gasteiger partial charge in [-0.1, -0.05) is 12.1 Å². The number of fused-ring (bicyclic) bond motifs is 1. The minimum absolute atomic E-state index is 0.0847. The molecule has 2 heterocycles. The quantitative estimate of drug-likeness (QED) is 0.483. The first-order valence-electron chi connectivity index (χ1n) is 7.89. The van der Waals surface area contributed by atoms with Crippen molar-refractivity contribution in [2.45, 2.75) is 0 Å². The molecule has 2 aromatic carbocycles. The van der Waals surface area contributed by atoms with Crippen LogP contribution in [0.4, 0.5) is 14.6 Å². The maximum Gasteiger partial charge on any atom is 0.287 e. The van der Waals surface area contributed by atoms with E-state index in [2.05, 4.69) is 31.0 Å². The number of halogens is 2. The van der Waals surface area contributed by atoms with Gasteiger partial charge in [0.15, 0.2) is 5.82 Å². The summed E-state index contributed by atoms with van der Waals surface area (Å²) in [5, 5.41) is 7.16. The van der Waals surface area contributed by atoms with Gasteiger partial charge in [-0.05, 0) is 30.3 Å². The minimum Gasteiger partial charge on any atom is -0.281 e. The maximum absolute atomic E-state index is 13.8. The van der Waals surface area contributed by atoms with Gasteiger partial charge < -0.3 is 0 Å². The molecule has 0 fully saturated rings. The van der Waals surface area contributed by atoms with Gasteiger partial charge in [-0.3, -0.25) is 20.7 Å². The van der Waals surface area contributed by atoms with E-state index in [1.807, 2.05) is 24.3 Å². The van der Waals surface area contributed by atoms with E-state index in [0.717, 1.165) is 23.0 Å². The normalized spacial score (nSPS) is 10.7. The SMILES string of the molecule is O=C(NNc1ncnc2ccccc12)c1cc(-c2ccc(F)cc2F)n[nH]1. The van der Waals surface area contributed by atoms with Gasteiger partial charge in [0.1, 0.15) is 23.7 Å². The van der Waals surface area contributed by atoms with Gasteiger partial charge in [0.05, 0.1) is 11.2 Å². The number of para-hydroxylation sites is 1. The Labute approximate surface area is 151 Å². The highest BCUT2D eigenvalue weighted by Crippen LogP contribution is 2.22. The summed E-state index contributed by atoms with van der Waals surface area (Å²) in [6, 6.07) is 11.8. The highest BCUT2D eigenvalue weighted by atomic mass is 19.1. The lowest BCUT2D eigenvalue weighted by Gasteiger charge is -2.08. The first kappa shape index (κ1) is 16.6. The highest BCUT2D eigenvalue weighted by molar-refractivity contribution is 5.95. The van der Waals surface area contributed by atoms with E-state index in [1.165, 1.54) is 18.5 Å². The second kappa shape index (κ2) is 6.79. The summed E-state index contributed by atoms with van der Waals surface area (Å²) >= 11 is 0. The van der Waals surface area contributed by atoms with E-state index in [9.17, 15) is 13.6 Å². The molecule has 134 valence electrons. The lowest BCUT2D eigenvalue weighted by atomic mass is 10.1. The van der Waals surface area contributed by atoms with Crippen molar-refractivity contribution in [1.82, 2.24) is 25.6 Å². The molecule has 0 unspecified atom stereocenters. The fourth-order valence-corrected chi connectivity index (χ4v) is 2.56. The Hall–Kier alpha value is -3.88. The second-order valence-electron chi connectivity index (χ2n) is 5.61. The average molecular weight is 366 g/mol. The molecule has 0 bridgehead atoms. The third-order valence-corrected chi connectivity index (χ3v) is 3.87. The predicted octanol–water partition coefficient (Wildman–Crippen LogP) is 3.06. The van der Waals surface area contributed by atoms with Gasteiger partial charge in [0, 0.05) is 17.0 Å². The smallest absolute Gasteiger partial charge is 0.281 e. The molecule has 0 aliphatic rings. The zero-order chi connectivity index (χ0) is 18.8. The Morgan fingerprint density at radius 2 is 1.89 bits per heavy atom. The van der Waals surface area contributed by atoms with Crippen LogP contribution in [0.25, 0.3) is 22.2 Å². The van der Waals surface area contributed by atoms with Crippen molar-refractivity contribution in [2.75, 3.05) is 5.43 Å². The van der Waals surface area contributed by atoms with E-state index in [-0.39, 0.29) is 17.0 Å². The number of aromatic nitrogens is 4. The molecule has 2 aromatic heterocycles. The molecule has 0 aliphatic heterocycles. The Balaban J connectivity index is 1.51. The third kappa shape index (κ3) is 3.30. The topological polar surface area (TPSA) is 95.6 Å². The van der Waals surface area contributed by atoms with E-state index in [1.54, 1.807) is 0 Å². The molecule has 3 N–H and O–H groups in total. The Kier molecular flexibility index (Phi) is 4.17. The predicted molar refractivity (Wildman–Crippen MR) is 94.6 cm³/mol. The van der Waals surface area contributed by atoms with Crippen LogP contribution in [-0.2, 0) is 0 Å². The van der Waals surface area contributed by atoms with E-state index >= 15 is 0 Å². The molecule has 0 radical (unpaired) electrons. The van der Waals surface area contributed by atoms with Crippen molar-refractivity contribution >= 4 is 22.6 Å². The molecule has 1 amide bonds. The van der Waals surface area contributed by atoms with Gasteiger partial charge in [-0.15, -0.1) is 0 Å². The van der Waals surface area contributed by atoms with Crippen molar-refractivity contribution in [3.8, 4) is 11.3 Å². The summed E-state index contributed by atoms with van der Waals surface area (Å²) in [4.78, 5) is 20.5. The lowest BCUT2D eigenvalue weighted by Crippen LogP contribution is -2.30. The molecule has 27 heavy (non-hydrogen) atoms. The number of carbonyl (C=O) groups excluding carboxylic acids is 1. The monoisotopic (exact) mass is 366 g/mol. The standard InChI is InChI=1S/C18H12F2N6O/c19-10-5-6-11(13(20)7-10)15-8-16(24-23-15)18(27)26-25-17-12-3-1-2-4-14(12)21-9-22-17/h1-9H,(H,23,24)(H,26,27)(H,21,22,25). The van der Waals surface area contributed by atoms with Gasteiger partial charge in [0.25, 0.3) is 5.91 Å². The number of hydrazine groups is 1. The second-order valence-corrected chi connectivity index (χ2v) is 5.61. The van der Waals surface area contributed by atoms with Crippen LogP contribution >= 0.6 is 0 Å². The molecule has 0 atom stereocenters. The molecule has 0 saturated carbocycles. The number of aromatic amines is 1. The molecule has 4 aromatic rings. The van der Waals surface area contributed by atoms with Crippen LogP contribution in [0.2, 0.25) is 0 Å². The minimum atomic E-state index is -0.765. The summed E-state index contributed by atoms with van der Waals surface area (Å²) < 4.78 is 26.9. The number of benzene rings is 2. The lowest BCUT2D eigenvalue weighted by molar-refractivity contribution is 0.0957. The Morgan fingerprint density at radius 3 is 2.74 bits per heavy atom. The summed E-state index contributed by atoms with van der Waals surface area (Å²) in [5.41, 5.74) is 6.31. The number of nitrogens with zero attached hydrogens (tertiary/aromatic N) is 3. The molecule has 0 saturated heterocycles. The van der Waals surface area contributed by atoms with Crippen molar-refractivity contribution < 1.29 is 13.6 Å². The van der Waals surface area contributed by atoms with Gasteiger partial charge in [-0.2, -0.15) is 5.10 Å². The molecule has 9 heteroatoms. The van der Waals surface area contributed by atoms with Crippen molar-refractivity contribution in [1.29, 1.82) is 0 Å². The molecular formula is C18H12F2N6O. The summed E-state index contributed by atoms with van der Waals surface area (Å²) in [6.45, 7) is 0. The van der Waals surface area contributed by atoms with E-state index in [4.69, 9.17) is 0 Å². The van der Waals surface area contributed by atoms with Crippen molar-refractivity contribution in [3.05, 3.63) is 72.2 Å². The van der Waals surface area contributed by atoms with Crippen LogP contribution in [0.1, 0.15) is 10.5 Å². The highest BCUT2D eigenvalue weighted by Gasteiger charge is 2.14. The Bertz CT molecular complexity index is 1140. The summed E-state index contributed by atoms with van der Waals surface area (Å²) in [6.07, 6.45) is 1.38. The fraction of sp³-hybridized carbons (Fsp3) is 0. The van der Waals surface area contributed by atoms with Gasteiger partial charge in [0.2, 0.25) is 0 Å². The van der Waals surface area contributed by atoms with E-state index in [0.29, 0.717) is 5.82 Å². The molecule has 4 rings (SSSR count). The fourth-order valence-electron chi connectivity index (χ4n) is 2.56. The van der Waals surface area contributed by atoms with Crippen LogP contribution in [0.3, 0.4) is 0 Å². The number of H-pyrrole nitrogens is 1. The number of hydrogen-bond acceptors (Lipinski definition) is 5. The van der Waals surface area contributed by atoms with Crippen molar-refractivity contribution in [2.24, 2.45) is 0 Å². The molecular weight excluding hydrogens is 354 g/mol. The van der Waals surface area contributed by atoms with Crippen molar-refractivity contribution in [3.63, 3.8) is 0 Å². The number of anilines is 1. The van der Waals surface area contributed by atoms with Crippen LogP contribution in [0, 0.1) is 11.6 Å². The van der Waals surface area contributed by atoms with Crippen LogP contribution < -0.4 is 10.9 Å². The van der Waals surface area contributed by atoms with Gasteiger partial charge in [-0.25, -0.2) is 18.7 Å². The van der Waals surface area contributed by atoms with E-state index < -0.39 is 17.5 Å². The number of carbonyl (C=O) groups is 1. The summed E-state index contributed by atoms with van der Waals surface area (Å²) in [5.74, 6) is -1.55.